The molecule has 7 heteroatoms. The van der Waals surface area contributed by atoms with Gasteiger partial charge in [-0.05, 0) is 40.5 Å². The summed E-state index contributed by atoms with van der Waals surface area (Å²) in [5.74, 6) is -1.24. The fraction of sp³-hybridized carbons (Fsp3) is 0.385. The zero-order valence-electron chi connectivity index (χ0n) is 10.9. The molecule has 1 aliphatic rings. The van der Waals surface area contributed by atoms with Crippen molar-refractivity contribution < 1.29 is 19.4 Å². The summed E-state index contributed by atoms with van der Waals surface area (Å²) in [5, 5.41) is 14.7. The lowest BCUT2D eigenvalue weighted by molar-refractivity contribution is -0.118. The predicted molar refractivity (Wildman–Crippen MR) is 76.9 cm³/mol. The van der Waals surface area contributed by atoms with E-state index in [0.717, 1.165) is 0 Å². The lowest BCUT2D eigenvalue weighted by atomic mass is 10.1. The fourth-order valence-electron chi connectivity index (χ4n) is 2.06. The third-order valence-corrected chi connectivity index (χ3v) is 3.90. The molecule has 0 bridgehead atoms. The van der Waals surface area contributed by atoms with Crippen LogP contribution in [0.1, 0.15) is 16.8 Å². The first-order chi connectivity index (χ1) is 9.51. The van der Waals surface area contributed by atoms with Crippen molar-refractivity contribution in [2.45, 2.75) is 18.6 Å². The first kappa shape index (κ1) is 15.0. The molecule has 1 aromatic rings. The van der Waals surface area contributed by atoms with Crippen molar-refractivity contribution in [2.24, 2.45) is 0 Å². The smallest absolute Gasteiger partial charge is 0.335 e. The Morgan fingerprint density at radius 3 is 2.85 bits per heavy atom. The number of nitrogens with one attached hydrogen (secondary N) is 2. The minimum Gasteiger partial charge on any atom is -0.478 e. The number of amides is 1. The second-order valence-electron chi connectivity index (χ2n) is 4.54. The summed E-state index contributed by atoms with van der Waals surface area (Å²) in [6, 6.07) is 4.16. The van der Waals surface area contributed by atoms with E-state index in [-0.39, 0.29) is 23.6 Å². The molecule has 1 fully saturated rings. The van der Waals surface area contributed by atoms with Gasteiger partial charge in [-0.1, -0.05) is 0 Å². The van der Waals surface area contributed by atoms with E-state index in [9.17, 15) is 9.59 Å². The van der Waals surface area contributed by atoms with E-state index in [1.54, 1.807) is 13.2 Å². The highest BCUT2D eigenvalue weighted by Crippen LogP contribution is 2.24. The average molecular weight is 343 g/mol. The lowest BCUT2D eigenvalue weighted by Crippen LogP contribution is -2.35. The second-order valence-corrected chi connectivity index (χ2v) is 5.40. The number of hydrogen-bond acceptors (Lipinski definition) is 4. The number of halogens is 1. The summed E-state index contributed by atoms with van der Waals surface area (Å²) < 4.78 is 5.82. The normalized spacial score (nSPS) is 21.7. The highest BCUT2D eigenvalue weighted by Gasteiger charge is 2.29. The second kappa shape index (κ2) is 6.34. The number of carbonyl (C=O) groups is 2. The largest absolute Gasteiger partial charge is 0.478 e. The van der Waals surface area contributed by atoms with E-state index in [4.69, 9.17) is 9.84 Å². The predicted octanol–water partition coefficient (Wildman–Crippen LogP) is 1.46. The first-order valence-corrected chi connectivity index (χ1v) is 6.90. The van der Waals surface area contributed by atoms with E-state index in [1.807, 2.05) is 0 Å². The molecule has 1 aromatic carbocycles. The maximum absolute atomic E-state index is 12.1. The Kier molecular flexibility index (Phi) is 4.74. The number of rotatable bonds is 4. The number of carboxylic acid groups (broad SMARTS) is 1. The van der Waals surface area contributed by atoms with Gasteiger partial charge in [-0.25, -0.2) is 4.79 Å². The van der Waals surface area contributed by atoms with Crippen molar-refractivity contribution in [3.8, 4) is 0 Å². The number of aromatic carboxylic acids is 1. The van der Waals surface area contributed by atoms with Crippen LogP contribution >= 0.6 is 15.9 Å². The number of anilines is 1. The Balaban J connectivity index is 2.08. The molecule has 1 heterocycles. The molecule has 0 spiro atoms. The molecule has 1 aliphatic heterocycles. The number of methoxy groups -OCH3 is 1. The molecule has 2 unspecified atom stereocenters. The van der Waals surface area contributed by atoms with E-state index in [1.165, 1.54) is 12.1 Å². The zero-order valence-corrected chi connectivity index (χ0v) is 12.4. The van der Waals surface area contributed by atoms with E-state index in [2.05, 4.69) is 26.6 Å². The van der Waals surface area contributed by atoms with Gasteiger partial charge in [0.25, 0.3) is 0 Å². The Bertz CT molecular complexity index is 535. The summed E-state index contributed by atoms with van der Waals surface area (Å²) in [7, 11) is 1.61. The Hall–Kier alpha value is -1.44. The highest BCUT2D eigenvalue weighted by molar-refractivity contribution is 9.10. The Morgan fingerprint density at radius 1 is 1.50 bits per heavy atom. The van der Waals surface area contributed by atoms with Crippen molar-refractivity contribution in [3.05, 3.63) is 28.2 Å². The zero-order chi connectivity index (χ0) is 14.7. The van der Waals surface area contributed by atoms with E-state index >= 15 is 0 Å². The molecule has 1 saturated heterocycles. The minimum absolute atomic E-state index is 0.0274. The third-order valence-electron chi connectivity index (χ3n) is 3.21. The Morgan fingerprint density at radius 2 is 2.25 bits per heavy atom. The topological polar surface area (TPSA) is 87.7 Å². The van der Waals surface area contributed by atoms with Crippen LogP contribution < -0.4 is 10.6 Å². The highest BCUT2D eigenvalue weighted by atomic mass is 79.9. The van der Waals surface area contributed by atoms with Crippen molar-refractivity contribution in [3.63, 3.8) is 0 Å². The van der Waals surface area contributed by atoms with Crippen LogP contribution in [0.25, 0.3) is 0 Å². The Labute approximate surface area is 124 Å². The summed E-state index contributed by atoms with van der Waals surface area (Å²) in [4.78, 5) is 23.0. The molecule has 6 nitrogen and oxygen atoms in total. The number of hydrogen-bond donors (Lipinski definition) is 3. The molecule has 3 N–H and O–H groups in total. The number of ether oxygens (including phenoxy) is 1. The maximum atomic E-state index is 12.1. The van der Waals surface area contributed by atoms with Gasteiger partial charge >= 0.3 is 5.97 Å². The van der Waals surface area contributed by atoms with Crippen molar-refractivity contribution in [1.82, 2.24) is 5.32 Å². The summed E-state index contributed by atoms with van der Waals surface area (Å²) in [5.41, 5.74) is 0.565. The van der Waals surface area contributed by atoms with E-state index in [0.29, 0.717) is 23.1 Å². The minimum atomic E-state index is -1.04. The molecule has 0 saturated carbocycles. The summed E-state index contributed by atoms with van der Waals surface area (Å²) in [6.45, 7) is 0.630. The van der Waals surface area contributed by atoms with Crippen LogP contribution in [0.2, 0.25) is 0 Å². The SMILES string of the molecule is COC1CNC(C(=O)Nc2cc(C(=O)O)ccc2Br)C1. The molecule has 0 radical (unpaired) electrons. The average Bonchev–Trinajstić information content (AvgIpc) is 2.89. The van der Waals surface area contributed by atoms with Gasteiger partial charge in [-0.15, -0.1) is 0 Å². The van der Waals surface area contributed by atoms with Crippen LogP contribution in [-0.4, -0.2) is 42.8 Å². The van der Waals surface area contributed by atoms with Gasteiger partial charge in [-0.3, -0.25) is 4.79 Å². The van der Waals surface area contributed by atoms with Gasteiger partial charge < -0.3 is 20.5 Å². The van der Waals surface area contributed by atoms with Gasteiger partial charge in [0.1, 0.15) is 0 Å². The molecule has 2 atom stereocenters. The van der Waals surface area contributed by atoms with Crippen LogP contribution in [0.5, 0.6) is 0 Å². The molecule has 20 heavy (non-hydrogen) atoms. The molecule has 0 aliphatic carbocycles. The molecule has 108 valence electrons. The summed E-state index contributed by atoms with van der Waals surface area (Å²) >= 11 is 3.29. The third kappa shape index (κ3) is 3.36. The summed E-state index contributed by atoms with van der Waals surface area (Å²) in [6.07, 6.45) is 0.623. The van der Waals surface area contributed by atoms with Gasteiger partial charge in [0.2, 0.25) is 5.91 Å². The van der Waals surface area contributed by atoms with E-state index < -0.39 is 5.97 Å². The lowest BCUT2D eigenvalue weighted by Gasteiger charge is -2.13. The number of carbonyl (C=O) groups excluding carboxylic acids is 1. The van der Waals surface area contributed by atoms with Gasteiger partial charge in [-0.2, -0.15) is 0 Å². The number of carboxylic acids is 1. The van der Waals surface area contributed by atoms with Gasteiger partial charge in [0, 0.05) is 18.1 Å². The fourth-order valence-corrected chi connectivity index (χ4v) is 2.40. The van der Waals surface area contributed by atoms with Crippen LogP contribution in [0.4, 0.5) is 5.69 Å². The van der Waals surface area contributed by atoms with Gasteiger partial charge in [0.15, 0.2) is 0 Å². The molecular formula is C13H15BrN2O4. The van der Waals surface area contributed by atoms with Crippen molar-refractivity contribution >= 4 is 33.5 Å². The van der Waals surface area contributed by atoms with Gasteiger partial charge in [0.05, 0.1) is 23.4 Å². The van der Waals surface area contributed by atoms with Crippen LogP contribution in [0.15, 0.2) is 22.7 Å². The molecule has 2 rings (SSSR count). The first-order valence-electron chi connectivity index (χ1n) is 6.11. The quantitative estimate of drug-likeness (QED) is 0.771. The maximum Gasteiger partial charge on any atom is 0.335 e. The van der Waals surface area contributed by atoms with Crippen molar-refractivity contribution in [1.29, 1.82) is 0 Å². The molecule has 0 aromatic heterocycles. The molecule has 1 amide bonds. The standard InChI is InChI=1S/C13H15BrN2O4/c1-20-8-5-11(15-6-8)12(17)16-10-4-7(13(18)19)2-3-9(10)14/h2-4,8,11,15H,5-6H2,1H3,(H,16,17)(H,18,19). The monoisotopic (exact) mass is 342 g/mol. The molecular weight excluding hydrogens is 328 g/mol. The van der Waals surface area contributed by atoms with Crippen molar-refractivity contribution in [2.75, 3.05) is 19.0 Å². The van der Waals surface area contributed by atoms with Crippen LogP contribution in [0, 0.1) is 0 Å². The van der Waals surface area contributed by atoms with Crippen LogP contribution in [0.3, 0.4) is 0 Å². The number of benzene rings is 1. The van der Waals surface area contributed by atoms with Crippen LogP contribution in [-0.2, 0) is 9.53 Å².